The van der Waals surface area contributed by atoms with Crippen molar-refractivity contribution in [2.75, 3.05) is 46.4 Å². The molecule has 0 radical (unpaired) electrons. The Bertz CT molecular complexity index is 1000. The van der Waals surface area contributed by atoms with E-state index in [1.165, 1.54) is 4.31 Å². The molecule has 0 aliphatic carbocycles. The fraction of sp³-hybridized carbons (Fsp3) is 0.409. The molecular weight excluding hydrogens is 438 g/mol. The van der Waals surface area contributed by atoms with Gasteiger partial charge >= 0.3 is 0 Å². The minimum atomic E-state index is -3.36. The lowest BCUT2D eigenvalue weighted by Crippen LogP contribution is -2.47. The van der Waals surface area contributed by atoms with Crippen LogP contribution in [0.2, 0.25) is 5.02 Å². The molecule has 0 atom stereocenters. The highest BCUT2D eigenvalue weighted by Crippen LogP contribution is 2.21. The molecule has 1 amide bonds. The topological polar surface area (TPSA) is 78.9 Å². The summed E-state index contributed by atoms with van der Waals surface area (Å²) in [6.45, 7) is 5.06. The van der Waals surface area contributed by atoms with Crippen LogP contribution in [-0.4, -0.2) is 69.9 Å². The van der Waals surface area contributed by atoms with Crippen molar-refractivity contribution in [3.05, 3.63) is 64.2 Å². The van der Waals surface area contributed by atoms with Gasteiger partial charge in [-0.25, -0.2) is 8.42 Å². The SMILES string of the molecule is Cc1ccc(OCCNC(=O)c2ccc(CS(=O)(=O)N3CCN(C)CC3)cc2)cc1Cl. The van der Waals surface area contributed by atoms with Gasteiger partial charge in [-0.1, -0.05) is 29.8 Å². The van der Waals surface area contributed by atoms with Gasteiger partial charge < -0.3 is 15.0 Å². The Balaban J connectivity index is 1.46. The Kier molecular flexibility index (Phi) is 7.94. The van der Waals surface area contributed by atoms with Crippen molar-refractivity contribution >= 4 is 27.5 Å². The highest BCUT2D eigenvalue weighted by molar-refractivity contribution is 7.88. The van der Waals surface area contributed by atoms with Crippen LogP contribution in [0.15, 0.2) is 42.5 Å². The number of likely N-dealkylation sites (N-methyl/N-ethyl adjacent to an activating group) is 1. The summed E-state index contributed by atoms with van der Waals surface area (Å²) in [5, 5.41) is 3.43. The number of ether oxygens (including phenoxy) is 1. The highest BCUT2D eigenvalue weighted by Gasteiger charge is 2.25. The summed E-state index contributed by atoms with van der Waals surface area (Å²) in [5.74, 6) is 0.348. The molecule has 1 saturated heterocycles. The fourth-order valence-corrected chi connectivity index (χ4v) is 4.91. The predicted molar refractivity (Wildman–Crippen MR) is 122 cm³/mol. The van der Waals surface area contributed by atoms with E-state index in [4.69, 9.17) is 16.3 Å². The van der Waals surface area contributed by atoms with Crippen molar-refractivity contribution in [2.45, 2.75) is 12.7 Å². The molecule has 2 aromatic carbocycles. The summed E-state index contributed by atoms with van der Waals surface area (Å²) < 4.78 is 32.4. The minimum absolute atomic E-state index is 0.0639. The molecule has 9 heteroatoms. The Morgan fingerprint density at radius 2 is 1.77 bits per heavy atom. The third-order valence-electron chi connectivity index (χ3n) is 5.22. The van der Waals surface area contributed by atoms with Crippen LogP contribution in [0, 0.1) is 6.92 Å². The van der Waals surface area contributed by atoms with E-state index in [1.54, 1.807) is 30.3 Å². The zero-order valence-corrected chi connectivity index (χ0v) is 19.4. The number of benzene rings is 2. The molecule has 1 aliphatic heterocycles. The van der Waals surface area contributed by atoms with E-state index < -0.39 is 10.0 Å². The molecule has 2 aromatic rings. The summed E-state index contributed by atoms with van der Waals surface area (Å²) in [7, 11) is -1.38. The van der Waals surface area contributed by atoms with E-state index in [0.29, 0.717) is 48.1 Å². The van der Waals surface area contributed by atoms with Gasteiger partial charge in [-0.15, -0.1) is 0 Å². The molecular formula is C22H28ClN3O4S. The smallest absolute Gasteiger partial charge is 0.251 e. The van der Waals surface area contributed by atoms with Gasteiger partial charge in [-0.3, -0.25) is 4.79 Å². The van der Waals surface area contributed by atoms with Crippen LogP contribution < -0.4 is 10.1 Å². The zero-order valence-electron chi connectivity index (χ0n) is 17.8. The zero-order chi connectivity index (χ0) is 22.4. The first-order valence-corrected chi connectivity index (χ1v) is 12.2. The van der Waals surface area contributed by atoms with Crippen LogP contribution in [0.1, 0.15) is 21.5 Å². The number of hydrogen-bond acceptors (Lipinski definition) is 5. The van der Waals surface area contributed by atoms with E-state index in [1.807, 2.05) is 26.1 Å². The van der Waals surface area contributed by atoms with Crippen molar-refractivity contribution in [1.29, 1.82) is 0 Å². The number of nitrogens with zero attached hydrogens (tertiary/aromatic N) is 2. The van der Waals surface area contributed by atoms with Crippen molar-refractivity contribution in [3.8, 4) is 5.75 Å². The molecule has 1 fully saturated rings. The van der Waals surface area contributed by atoms with Gasteiger partial charge in [-0.2, -0.15) is 4.31 Å². The van der Waals surface area contributed by atoms with Crippen molar-refractivity contribution in [1.82, 2.24) is 14.5 Å². The molecule has 0 bridgehead atoms. The third-order valence-corrected chi connectivity index (χ3v) is 7.48. The second-order valence-electron chi connectivity index (χ2n) is 7.67. The molecule has 7 nitrogen and oxygen atoms in total. The van der Waals surface area contributed by atoms with E-state index >= 15 is 0 Å². The first-order chi connectivity index (χ1) is 14.7. The highest BCUT2D eigenvalue weighted by atomic mass is 35.5. The van der Waals surface area contributed by atoms with Gasteiger partial charge in [0.25, 0.3) is 5.91 Å². The van der Waals surface area contributed by atoms with Gasteiger partial charge in [0, 0.05) is 36.8 Å². The molecule has 1 N–H and O–H groups in total. The number of carbonyl (C=O) groups excluding carboxylic acids is 1. The fourth-order valence-electron chi connectivity index (χ4n) is 3.22. The summed E-state index contributed by atoms with van der Waals surface area (Å²) in [5.41, 5.74) is 2.11. The summed E-state index contributed by atoms with van der Waals surface area (Å²) in [6.07, 6.45) is 0. The molecule has 1 aliphatic rings. The minimum Gasteiger partial charge on any atom is -0.492 e. The molecule has 3 rings (SSSR count). The summed E-state index contributed by atoms with van der Waals surface area (Å²) >= 11 is 6.07. The molecule has 0 saturated carbocycles. The lowest BCUT2D eigenvalue weighted by Gasteiger charge is -2.31. The lowest BCUT2D eigenvalue weighted by atomic mass is 10.1. The van der Waals surface area contributed by atoms with Crippen LogP contribution in [0.5, 0.6) is 5.75 Å². The number of aryl methyl sites for hydroxylation is 1. The van der Waals surface area contributed by atoms with E-state index in [2.05, 4.69) is 10.2 Å². The van der Waals surface area contributed by atoms with E-state index in [0.717, 1.165) is 18.7 Å². The molecule has 0 aromatic heterocycles. The normalized spacial score (nSPS) is 15.6. The van der Waals surface area contributed by atoms with Gasteiger partial charge in [0.15, 0.2) is 0 Å². The molecule has 0 unspecified atom stereocenters. The molecule has 0 spiro atoms. The maximum absolute atomic E-state index is 12.6. The van der Waals surface area contributed by atoms with Crippen LogP contribution in [0.4, 0.5) is 0 Å². The van der Waals surface area contributed by atoms with Crippen LogP contribution in [-0.2, 0) is 15.8 Å². The Hall–Kier alpha value is -2.13. The van der Waals surface area contributed by atoms with Gasteiger partial charge in [0.1, 0.15) is 12.4 Å². The number of sulfonamides is 1. The quantitative estimate of drug-likeness (QED) is 0.606. The number of carbonyl (C=O) groups is 1. The standard InChI is InChI=1S/C22H28ClN3O4S/c1-17-3-8-20(15-21(17)23)30-14-9-24-22(27)19-6-4-18(5-7-19)16-31(28,29)26-12-10-25(2)11-13-26/h3-8,15H,9-14,16H2,1-2H3,(H,24,27). The Morgan fingerprint density at radius 3 is 2.42 bits per heavy atom. The number of halogens is 1. The van der Waals surface area contributed by atoms with Crippen LogP contribution in [0.3, 0.4) is 0 Å². The van der Waals surface area contributed by atoms with Gasteiger partial charge in [-0.05, 0) is 49.4 Å². The lowest BCUT2D eigenvalue weighted by molar-refractivity contribution is 0.0947. The number of piperazine rings is 1. The number of rotatable bonds is 8. The predicted octanol–water partition coefficient (Wildman–Crippen LogP) is 2.53. The van der Waals surface area contributed by atoms with Gasteiger partial charge in [0.2, 0.25) is 10.0 Å². The van der Waals surface area contributed by atoms with Crippen LogP contribution in [0.25, 0.3) is 0 Å². The largest absolute Gasteiger partial charge is 0.492 e. The summed E-state index contributed by atoms with van der Waals surface area (Å²) in [6, 6.07) is 12.1. The average Bonchev–Trinajstić information content (AvgIpc) is 2.74. The number of amides is 1. The Morgan fingerprint density at radius 1 is 1.10 bits per heavy atom. The van der Waals surface area contributed by atoms with Crippen molar-refractivity contribution < 1.29 is 17.9 Å². The van der Waals surface area contributed by atoms with E-state index in [9.17, 15) is 13.2 Å². The first-order valence-electron chi connectivity index (χ1n) is 10.2. The molecule has 168 valence electrons. The number of hydrogen-bond donors (Lipinski definition) is 1. The Labute approximate surface area is 189 Å². The number of nitrogens with one attached hydrogen (secondary N) is 1. The second-order valence-corrected chi connectivity index (χ2v) is 10.0. The van der Waals surface area contributed by atoms with Crippen LogP contribution >= 0.6 is 11.6 Å². The second kappa shape index (κ2) is 10.5. The first kappa shape index (κ1) is 23.5. The maximum atomic E-state index is 12.6. The summed E-state index contributed by atoms with van der Waals surface area (Å²) in [4.78, 5) is 14.4. The van der Waals surface area contributed by atoms with Crippen molar-refractivity contribution in [2.24, 2.45) is 0 Å². The molecule has 31 heavy (non-hydrogen) atoms. The third kappa shape index (κ3) is 6.67. The monoisotopic (exact) mass is 465 g/mol. The molecule has 1 heterocycles. The van der Waals surface area contributed by atoms with Gasteiger partial charge in [0.05, 0.1) is 12.3 Å². The van der Waals surface area contributed by atoms with Crippen molar-refractivity contribution in [3.63, 3.8) is 0 Å². The average molecular weight is 466 g/mol. The van der Waals surface area contributed by atoms with E-state index in [-0.39, 0.29) is 11.7 Å². The maximum Gasteiger partial charge on any atom is 0.251 e.